The molecule has 0 radical (unpaired) electrons. The maximum absolute atomic E-state index is 12.6. The number of rotatable bonds is 4. The Morgan fingerprint density at radius 3 is 2.48 bits per heavy atom. The number of amides is 2. The zero-order chi connectivity index (χ0) is 15.0. The molecule has 1 aliphatic carbocycles. The van der Waals surface area contributed by atoms with Gasteiger partial charge in [-0.25, -0.2) is 0 Å². The molecule has 1 unspecified atom stereocenters. The molecule has 1 saturated carbocycles. The highest BCUT2D eigenvalue weighted by atomic mass is 16.2. The fourth-order valence-corrected chi connectivity index (χ4v) is 3.01. The third-order valence-electron chi connectivity index (χ3n) is 4.53. The Morgan fingerprint density at radius 1 is 1.24 bits per heavy atom. The molecule has 0 bridgehead atoms. The monoisotopic (exact) mass is 286 g/mol. The number of nitrogens with two attached hydrogens (primary N) is 1. The molecule has 1 aromatic rings. The Hall–Kier alpha value is -2.17. The van der Waals surface area contributed by atoms with Crippen LogP contribution in [0.2, 0.25) is 0 Å². The van der Waals surface area contributed by atoms with Crippen molar-refractivity contribution in [3.05, 3.63) is 29.8 Å². The number of carbonyl (C=O) groups is 3. The average Bonchev–Trinajstić information content (AvgIpc) is 3.24. The predicted molar refractivity (Wildman–Crippen MR) is 77.3 cm³/mol. The minimum absolute atomic E-state index is 0.0989. The van der Waals surface area contributed by atoms with Gasteiger partial charge in [0.2, 0.25) is 11.8 Å². The van der Waals surface area contributed by atoms with E-state index in [0.717, 1.165) is 18.4 Å². The molecule has 2 fully saturated rings. The molecular formula is C16H18N2O3. The molecule has 2 amide bonds. The maximum Gasteiger partial charge on any atom is 0.230 e. The Bertz CT molecular complexity index is 602. The van der Waals surface area contributed by atoms with E-state index >= 15 is 0 Å². The molecule has 1 atom stereocenters. The number of Topliss-reactive ketones (excluding diaryl/α,β-unsaturated/α-hetero) is 1. The Balaban J connectivity index is 1.72. The van der Waals surface area contributed by atoms with Crippen LogP contribution in [-0.2, 0) is 19.8 Å². The molecule has 0 spiro atoms. The van der Waals surface area contributed by atoms with Gasteiger partial charge in [0.05, 0.1) is 5.41 Å². The van der Waals surface area contributed by atoms with Crippen molar-refractivity contribution < 1.29 is 14.4 Å². The van der Waals surface area contributed by atoms with Crippen LogP contribution < -0.4 is 11.1 Å². The Kier molecular flexibility index (Phi) is 3.27. The second kappa shape index (κ2) is 4.98. The summed E-state index contributed by atoms with van der Waals surface area (Å²) in [5.41, 5.74) is 6.90. The quantitative estimate of drug-likeness (QED) is 0.645. The number of nitrogens with one attached hydrogen (secondary N) is 1. The minimum atomic E-state index is -0.435. The molecule has 1 saturated heterocycles. The smallest absolute Gasteiger partial charge is 0.230 e. The van der Waals surface area contributed by atoms with Crippen LogP contribution in [0.1, 0.15) is 37.7 Å². The number of hydrogen-bond donors (Lipinski definition) is 2. The van der Waals surface area contributed by atoms with Gasteiger partial charge in [-0.2, -0.15) is 0 Å². The molecular weight excluding hydrogens is 268 g/mol. The first-order valence-corrected chi connectivity index (χ1v) is 7.24. The van der Waals surface area contributed by atoms with Crippen LogP contribution in [0, 0.1) is 5.92 Å². The van der Waals surface area contributed by atoms with E-state index in [1.165, 1.54) is 0 Å². The summed E-state index contributed by atoms with van der Waals surface area (Å²) in [6.45, 7) is 0. The lowest BCUT2D eigenvalue weighted by Gasteiger charge is -2.22. The molecule has 2 aliphatic rings. The first kappa shape index (κ1) is 13.8. The average molecular weight is 286 g/mol. The van der Waals surface area contributed by atoms with Crippen molar-refractivity contribution in [3.8, 4) is 0 Å². The number of nitrogen functional groups attached to an aromatic ring is 1. The third kappa shape index (κ3) is 2.55. The summed E-state index contributed by atoms with van der Waals surface area (Å²) in [5, 5.41) is 2.31. The molecule has 5 heteroatoms. The topological polar surface area (TPSA) is 89.3 Å². The van der Waals surface area contributed by atoms with Crippen molar-refractivity contribution >= 4 is 23.3 Å². The van der Waals surface area contributed by atoms with Gasteiger partial charge >= 0.3 is 0 Å². The molecule has 21 heavy (non-hydrogen) atoms. The standard InChI is InChI=1S/C16H18N2O3/c17-12-4-2-11(3-5-12)16(7-8-16)13(19)9-10-1-6-14(20)18-15(10)21/h2-5,10H,1,6-9,17H2,(H,18,20,21). The molecule has 0 aromatic heterocycles. The van der Waals surface area contributed by atoms with E-state index in [-0.39, 0.29) is 29.9 Å². The molecule has 1 heterocycles. The van der Waals surface area contributed by atoms with Gasteiger partial charge in [0.15, 0.2) is 0 Å². The molecule has 110 valence electrons. The van der Waals surface area contributed by atoms with E-state index < -0.39 is 5.41 Å². The summed E-state index contributed by atoms with van der Waals surface area (Å²) >= 11 is 0. The van der Waals surface area contributed by atoms with Crippen molar-refractivity contribution in [2.24, 2.45) is 5.92 Å². The van der Waals surface area contributed by atoms with Gasteiger partial charge in [-0.1, -0.05) is 12.1 Å². The van der Waals surface area contributed by atoms with Gasteiger partial charge in [-0.15, -0.1) is 0 Å². The Morgan fingerprint density at radius 2 is 1.90 bits per heavy atom. The number of carbonyl (C=O) groups excluding carboxylic acids is 3. The molecule has 3 N–H and O–H groups in total. The van der Waals surface area contributed by atoms with E-state index in [1.54, 1.807) is 12.1 Å². The van der Waals surface area contributed by atoms with Gasteiger partial charge < -0.3 is 5.73 Å². The number of imide groups is 1. The normalized spacial score (nSPS) is 23.5. The minimum Gasteiger partial charge on any atom is -0.399 e. The summed E-state index contributed by atoms with van der Waals surface area (Å²) in [6, 6.07) is 7.39. The number of ketones is 1. The van der Waals surface area contributed by atoms with E-state index in [1.807, 2.05) is 12.1 Å². The molecule has 1 aliphatic heterocycles. The van der Waals surface area contributed by atoms with E-state index in [4.69, 9.17) is 5.73 Å². The predicted octanol–water partition coefficient (Wildman–Crippen LogP) is 1.31. The maximum atomic E-state index is 12.6. The van der Waals surface area contributed by atoms with Crippen molar-refractivity contribution in [2.45, 2.75) is 37.5 Å². The SMILES string of the molecule is Nc1ccc(C2(C(=O)CC3CCC(=O)NC3=O)CC2)cc1. The van der Waals surface area contributed by atoms with Crippen LogP contribution in [0.3, 0.4) is 0 Å². The van der Waals surface area contributed by atoms with Crippen molar-refractivity contribution in [3.63, 3.8) is 0 Å². The molecule has 3 rings (SSSR count). The van der Waals surface area contributed by atoms with Crippen LogP contribution >= 0.6 is 0 Å². The van der Waals surface area contributed by atoms with E-state index in [9.17, 15) is 14.4 Å². The highest BCUT2D eigenvalue weighted by Gasteiger charge is 2.51. The van der Waals surface area contributed by atoms with Crippen LogP contribution in [-0.4, -0.2) is 17.6 Å². The third-order valence-corrected chi connectivity index (χ3v) is 4.53. The molecule has 5 nitrogen and oxygen atoms in total. The lowest BCUT2D eigenvalue weighted by atomic mass is 9.83. The summed E-state index contributed by atoms with van der Waals surface area (Å²) in [4.78, 5) is 35.5. The van der Waals surface area contributed by atoms with Crippen LogP contribution in [0.5, 0.6) is 0 Å². The first-order valence-electron chi connectivity index (χ1n) is 7.24. The lowest BCUT2D eigenvalue weighted by Crippen LogP contribution is -2.42. The second-order valence-corrected chi connectivity index (χ2v) is 5.98. The zero-order valence-corrected chi connectivity index (χ0v) is 11.7. The number of anilines is 1. The number of benzene rings is 1. The highest BCUT2D eigenvalue weighted by Crippen LogP contribution is 2.50. The van der Waals surface area contributed by atoms with Gasteiger partial charge in [0.1, 0.15) is 5.78 Å². The fraction of sp³-hybridized carbons (Fsp3) is 0.438. The first-order chi connectivity index (χ1) is 10.0. The fourth-order valence-electron chi connectivity index (χ4n) is 3.01. The van der Waals surface area contributed by atoms with Gasteiger partial charge in [0, 0.05) is 24.4 Å². The summed E-state index contributed by atoms with van der Waals surface area (Å²) in [7, 11) is 0. The van der Waals surface area contributed by atoms with Gasteiger partial charge in [0.25, 0.3) is 0 Å². The summed E-state index contributed by atoms with van der Waals surface area (Å²) in [6.07, 6.45) is 2.64. The summed E-state index contributed by atoms with van der Waals surface area (Å²) < 4.78 is 0. The molecule has 1 aromatic carbocycles. The van der Waals surface area contributed by atoms with Crippen molar-refractivity contribution in [2.75, 3.05) is 5.73 Å². The van der Waals surface area contributed by atoms with E-state index in [2.05, 4.69) is 5.32 Å². The van der Waals surface area contributed by atoms with E-state index in [0.29, 0.717) is 18.5 Å². The van der Waals surface area contributed by atoms with Gasteiger partial charge in [-0.05, 0) is 37.0 Å². The number of piperidine rings is 1. The lowest BCUT2D eigenvalue weighted by molar-refractivity contribution is -0.138. The van der Waals surface area contributed by atoms with Gasteiger partial charge in [-0.3, -0.25) is 19.7 Å². The van der Waals surface area contributed by atoms with Crippen molar-refractivity contribution in [1.29, 1.82) is 0 Å². The number of hydrogen-bond acceptors (Lipinski definition) is 4. The van der Waals surface area contributed by atoms with Crippen LogP contribution in [0.15, 0.2) is 24.3 Å². The second-order valence-electron chi connectivity index (χ2n) is 5.98. The highest BCUT2D eigenvalue weighted by molar-refractivity contribution is 6.02. The van der Waals surface area contributed by atoms with Crippen LogP contribution in [0.4, 0.5) is 5.69 Å². The summed E-state index contributed by atoms with van der Waals surface area (Å²) in [5.74, 6) is -0.834. The largest absolute Gasteiger partial charge is 0.399 e. The zero-order valence-electron chi connectivity index (χ0n) is 11.7. The van der Waals surface area contributed by atoms with Crippen molar-refractivity contribution in [1.82, 2.24) is 5.32 Å². The Labute approximate surface area is 122 Å². The van der Waals surface area contributed by atoms with Crippen LogP contribution in [0.25, 0.3) is 0 Å².